The van der Waals surface area contributed by atoms with Gasteiger partial charge in [0.1, 0.15) is 0 Å². The van der Waals surface area contributed by atoms with Crippen LogP contribution in [0.25, 0.3) is 0 Å². The van der Waals surface area contributed by atoms with Crippen LogP contribution in [0.5, 0.6) is 0 Å². The third kappa shape index (κ3) is 324. The van der Waals surface area contributed by atoms with E-state index in [-0.39, 0.29) is 37.7 Å². The van der Waals surface area contributed by atoms with Gasteiger partial charge in [-0.15, -0.1) is 0 Å². The fraction of sp³-hybridized carbons (Fsp3) is 1.00. The van der Waals surface area contributed by atoms with E-state index in [1.165, 1.54) is 22.8 Å². The maximum atomic E-state index is 9.72. The Labute approximate surface area is 102 Å². The van der Waals surface area contributed by atoms with Crippen molar-refractivity contribution in [2.24, 2.45) is 0 Å². The zero-order chi connectivity index (χ0) is 9.00. The van der Waals surface area contributed by atoms with Gasteiger partial charge in [0.25, 0.3) is 0 Å². The summed E-state index contributed by atoms with van der Waals surface area (Å²) in [5, 5.41) is 0. The molecule has 64 valence electrons. The molecule has 4 nitrogen and oxygen atoms in total. The van der Waals surface area contributed by atoms with Crippen molar-refractivity contribution in [1.82, 2.24) is 0 Å². The smallest absolute Gasteiger partial charge is 2.00 e. The third-order valence-corrected chi connectivity index (χ3v) is 0. The minimum atomic E-state index is -3.38. The van der Waals surface area contributed by atoms with E-state index in [4.69, 9.17) is 0 Å². The average molecular weight is 314 g/mol. The van der Waals surface area contributed by atoms with E-state index in [0.717, 1.165) is 0 Å². The van der Waals surface area contributed by atoms with Gasteiger partial charge in [0.15, 0.2) is 0 Å². The molecule has 0 heterocycles. The van der Waals surface area contributed by atoms with Crippen molar-refractivity contribution in [3.05, 3.63) is 0 Å². The molecule has 0 spiro atoms. The maximum absolute atomic E-state index is 9.72. The molecule has 0 aromatic carbocycles. The Bertz CT molecular complexity index is 132. The largest absolute Gasteiger partial charge is 2.00 e. The molecule has 0 aliphatic carbocycles. The molecule has 0 N–H and O–H groups in total. The summed E-state index contributed by atoms with van der Waals surface area (Å²) in [7, 11) is 0. The second kappa shape index (κ2) is 7.31. The van der Waals surface area contributed by atoms with Gasteiger partial charge in [0.05, 0.1) is 0 Å². The van der Waals surface area contributed by atoms with Gasteiger partial charge in [-0.3, -0.25) is 0 Å². The van der Waals surface area contributed by atoms with Crippen molar-refractivity contribution < 1.29 is 15.7 Å². The molecule has 0 amide bonds. The maximum Gasteiger partial charge on any atom is 2.00 e. The van der Waals surface area contributed by atoms with Crippen LogP contribution in [-0.4, -0.2) is 65.4 Å². The molecule has 11 heavy (non-hydrogen) atoms. The molecule has 0 aliphatic heterocycles. The summed E-state index contributed by atoms with van der Waals surface area (Å²) in [6.07, 6.45) is 0. The van der Waals surface area contributed by atoms with Crippen LogP contribution in [0.3, 0.4) is 0 Å². The van der Waals surface area contributed by atoms with Gasteiger partial charge in [-0.05, 0) is 0 Å². The first-order chi connectivity index (χ1) is 4.00. The summed E-state index contributed by atoms with van der Waals surface area (Å²) >= 11 is -6.75. The zero-order valence-corrected chi connectivity index (χ0v) is 13.2. The second-order valence-electron chi connectivity index (χ2n) is 2.50. The SMILES string of the molecule is C[As](C)(=O)[O-].C[As](C)(=O)[O-].[Ca+2]. The van der Waals surface area contributed by atoms with Crippen LogP contribution in [0.15, 0.2) is 0 Å². The minimum Gasteiger partial charge on any atom is 2.00 e. The number of rotatable bonds is 0. The van der Waals surface area contributed by atoms with Gasteiger partial charge < -0.3 is 0 Å². The Morgan fingerprint density at radius 1 is 0.818 bits per heavy atom. The van der Waals surface area contributed by atoms with E-state index in [1.807, 2.05) is 0 Å². The summed E-state index contributed by atoms with van der Waals surface area (Å²) in [4.78, 5) is 0. The van der Waals surface area contributed by atoms with E-state index in [2.05, 4.69) is 0 Å². The topological polar surface area (TPSA) is 80.3 Å². The van der Waals surface area contributed by atoms with E-state index in [0.29, 0.717) is 0 Å². The molecular formula is C4H12As2CaO4. The van der Waals surface area contributed by atoms with Crippen LogP contribution < -0.4 is 8.19 Å². The zero-order valence-electron chi connectivity index (χ0n) is 7.23. The van der Waals surface area contributed by atoms with Gasteiger partial charge >= 0.3 is 104 Å². The fourth-order valence-corrected chi connectivity index (χ4v) is 0. The molecule has 0 atom stereocenters. The second-order valence-corrected chi connectivity index (χ2v) is 13.0. The molecule has 0 unspecified atom stereocenters. The molecular weight excluding hydrogens is 302 g/mol. The van der Waals surface area contributed by atoms with Crippen molar-refractivity contribution in [3.63, 3.8) is 0 Å². The Morgan fingerprint density at radius 2 is 0.818 bits per heavy atom. The quantitative estimate of drug-likeness (QED) is 0.514. The van der Waals surface area contributed by atoms with Crippen molar-refractivity contribution in [2.75, 3.05) is 0 Å². The van der Waals surface area contributed by atoms with Crippen molar-refractivity contribution >= 4 is 65.4 Å². The summed E-state index contributed by atoms with van der Waals surface area (Å²) < 4.78 is 38.9. The number of hydrogen-bond acceptors (Lipinski definition) is 4. The van der Waals surface area contributed by atoms with Gasteiger partial charge in [-0.1, -0.05) is 0 Å². The molecule has 0 saturated heterocycles. The monoisotopic (exact) mass is 314 g/mol. The van der Waals surface area contributed by atoms with Gasteiger partial charge in [-0.25, -0.2) is 0 Å². The first-order valence-corrected chi connectivity index (χ1v) is 13.1. The average Bonchev–Trinajstić information content (AvgIpc) is 1.12. The standard InChI is InChI=1S/2C2H7AsO2.Ca/c2*1-3(2,4)5;/h2*1-2H3,(H,4,5);/q;;+2/p-2. The summed E-state index contributed by atoms with van der Waals surface area (Å²) in [6, 6.07) is 0. The Morgan fingerprint density at radius 3 is 0.818 bits per heavy atom. The van der Waals surface area contributed by atoms with E-state index >= 15 is 0 Å². The van der Waals surface area contributed by atoms with E-state index in [9.17, 15) is 15.7 Å². The Kier molecular flexibility index (Phi) is 12.4. The van der Waals surface area contributed by atoms with Crippen LogP contribution >= 0.6 is 0 Å². The van der Waals surface area contributed by atoms with Crippen molar-refractivity contribution in [2.45, 2.75) is 22.8 Å². The predicted octanol–water partition coefficient (Wildman–Crippen LogP) is -1.42. The summed E-state index contributed by atoms with van der Waals surface area (Å²) in [6.45, 7) is 0. The van der Waals surface area contributed by atoms with Crippen molar-refractivity contribution in [3.8, 4) is 0 Å². The molecule has 7 heteroatoms. The third-order valence-electron chi connectivity index (χ3n) is 0. The predicted molar refractivity (Wildman–Crippen MR) is 42.1 cm³/mol. The number of hydrogen-bond donors (Lipinski definition) is 0. The van der Waals surface area contributed by atoms with E-state index < -0.39 is 27.7 Å². The minimum absolute atomic E-state index is 0. The molecule has 0 bridgehead atoms. The Balaban J connectivity index is -0.000000107. The van der Waals surface area contributed by atoms with Crippen LogP contribution in [0.2, 0.25) is 22.8 Å². The molecule has 0 fully saturated rings. The first-order valence-electron chi connectivity index (χ1n) is 2.52. The van der Waals surface area contributed by atoms with Gasteiger partial charge in [0.2, 0.25) is 0 Å². The fourth-order valence-electron chi connectivity index (χ4n) is 0. The molecule has 0 aromatic rings. The van der Waals surface area contributed by atoms with Crippen LogP contribution in [-0.2, 0) is 7.48 Å². The van der Waals surface area contributed by atoms with Gasteiger partial charge in [-0.2, -0.15) is 0 Å². The van der Waals surface area contributed by atoms with E-state index in [1.54, 1.807) is 0 Å². The Hall–Kier alpha value is 1.90. The summed E-state index contributed by atoms with van der Waals surface area (Å²) in [5.74, 6) is 0. The van der Waals surface area contributed by atoms with Gasteiger partial charge in [0, 0.05) is 0 Å². The van der Waals surface area contributed by atoms with Crippen molar-refractivity contribution in [1.29, 1.82) is 0 Å². The van der Waals surface area contributed by atoms with Crippen LogP contribution in [0.4, 0.5) is 0 Å². The molecule has 0 aliphatic rings. The van der Waals surface area contributed by atoms with Crippen LogP contribution in [0.1, 0.15) is 0 Å². The molecule has 0 rings (SSSR count). The molecule has 0 radical (unpaired) electrons. The summed E-state index contributed by atoms with van der Waals surface area (Å²) in [5.41, 5.74) is 4.99. The van der Waals surface area contributed by atoms with Crippen LogP contribution in [0, 0.1) is 0 Å². The first kappa shape index (κ1) is 18.6. The molecule has 0 aromatic heterocycles. The normalized spacial score (nSPS) is 10.7. The molecule has 0 saturated carbocycles.